The van der Waals surface area contributed by atoms with Gasteiger partial charge in [-0.25, -0.2) is 4.98 Å². The second kappa shape index (κ2) is 9.83. The number of amides is 1. The number of thiophene rings is 1. The van der Waals surface area contributed by atoms with E-state index in [1.807, 2.05) is 0 Å². The van der Waals surface area contributed by atoms with E-state index in [0.29, 0.717) is 18.0 Å². The highest BCUT2D eigenvalue weighted by Gasteiger charge is 2.22. The minimum Gasteiger partial charge on any atom is -0.355 e. The van der Waals surface area contributed by atoms with E-state index < -0.39 is 0 Å². The Bertz CT molecular complexity index is 944. The van der Waals surface area contributed by atoms with Crippen LogP contribution in [0.3, 0.4) is 0 Å². The third-order valence-electron chi connectivity index (χ3n) is 6.03. The lowest BCUT2D eigenvalue weighted by Gasteiger charge is -2.34. The van der Waals surface area contributed by atoms with Crippen LogP contribution in [-0.4, -0.2) is 52.7 Å². The smallest absolute Gasteiger partial charge is 0.259 e. The van der Waals surface area contributed by atoms with Gasteiger partial charge < -0.3 is 15.2 Å². The molecule has 2 aromatic rings. The summed E-state index contributed by atoms with van der Waals surface area (Å²) in [6.45, 7) is 8.55. The Morgan fingerprint density at radius 1 is 1.30 bits per heavy atom. The van der Waals surface area contributed by atoms with Crippen molar-refractivity contribution < 1.29 is 4.79 Å². The predicted molar refractivity (Wildman–Crippen MR) is 125 cm³/mol. The summed E-state index contributed by atoms with van der Waals surface area (Å²) in [5, 5.41) is 3.85. The average molecular weight is 449 g/mol. The largest absolute Gasteiger partial charge is 0.355 e. The van der Waals surface area contributed by atoms with Crippen LogP contribution in [0.5, 0.6) is 0 Å². The van der Waals surface area contributed by atoms with Crippen LogP contribution in [0.4, 0.5) is 0 Å². The van der Waals surface area contributed by atoms with Crippen LogP contribution >= 0.6 is 23.1 Å². The molecule has 1 aliphatic heterocycles. The van der Waals surface area contributed by atoms with E-state index in [9.17, 15) is 9.59 Å². The minimum atomic E-state index is -0.00547. The molecule has 0 aromatic carbocycles. The molecule has 8 heteroatoms. The lowest BCUT2D eigenvalue weighted by Crippen LogP contribution is -2.42. The molecule has 0 saturated carbocycles. The Kier molecular flexibility index (Phi) is 7.16. The molecule has 3 heterocycles. The summed E-state index contributed by atoms with van der Waals surface area (Å²) in [7, 11) is 0. The maximum Gasteiger partial charge on any atom is 0.259 e. The Morgan fingerprint density at radius 3 is 2.90 bits per heavy atom. The number of nitrogens with zero attached hydrogens (tertiary/aromatic N) is 2. The van der Waals surface area contributed by atoms with Gasteiger partial charge in [0.2, 0.25) is 5.91 Å². The van der Waals surface area contributed by atoms with Crippen LogP contribution < -0.4 is 10.9 Å². The van der Waals surface area contributed by atoms with Crippen molar-refractivity contribution in [3.63, 3.8) is 0 Å². The van der Waals surface area contributed by atoms with E-state index in [-0.39, 0.29) is 11.5 Å². The maximum absolute atomic E-state index is 12.5. The van der Waals surface area contributed by atoms with Gasteiger partial charge in [-0.05, 0) is 43.1 Å². The van der Waals surface area contributed by atoms with E-state index in [1.54, 1.807) is 23.1 Å². The number of hydrogen-bond acceptors (Lipinski definition) is 6. The van der Waals surface area contributed by atoms with Crippen molar-refractivity contribution in [2.45, 2.75) is 51.7 Å². The lowest BCUT2D eigenvalue weighted by atomic mass is 9.92. The molecule has 6 nitrogen and oxygen atoms in total. The zero-order chi connectivity index (χ0) is 21.1. The number of thioether (sulfide) groups is 1. The number of hydrogen-bond donors (Lipinski definition) is 2. The summed E-state index contributed by atoms with van der Waals surface area (Å²) in [5.41, 5.74) is 1.21. The number of aryl methyl sites for hydroxylation is 2. The fraction of sp³-hybridized carbons (Fsp3) is 0.682. The molecule has 4 rings (SSSR count). The van der Waals surface area contributed by atoms with Crippen LogP contribution in [-0.2, 0) is 23.4 Å². The van der Waals surface area contributed by atoms with Crippen LogP contribution in [0, 0.1) is 11.8 Å². The fourth-order valence-electron chi connectivity index (χ4n) is 4.87. The number of rotatable bonds is 8. The number of aromatic nitrogens is 2. The summed E-state index contributed by atoms with van der Waals surface area (Å²) in [6.07, 6.45) is 5.02. The molecular formula is C22H32N4O2S2. The Balaban J connectivity index is 1.17. The molecule has 0 bridgehead atoms. The maximum atomic E-state index is 12.5. The van der Waals surface area contributed by atoms with Crippen molar-refractivity contribution in [1.29, 1.82) is 0 Å². The van der Waals surface area contributed by atoms with Gasteiger partial charge in [0.05, 0.1) is 11.1 Å². The van der Waals surface area contributed by atoms with Gasteiger partial charge in [-0.2, -0.15) is 11.8 Å². The van der Waals surface area contributed by atoms with Crippen molar-refractivity contribution in [3.8, 4) is 0 Å². The number of carbonyl (C=O) groups excluding carboxylic acids is 1. The topological polar surface area (TPSA) is 78.1 Å². The molecule has 30 heavy (non-hydrogen) atoms. The average Bonchev–Trinajstić information content (AvgIpc) is 3.25. The summed E-state index contributed by atoms with van der Waals surface area (Å²) in [4.78, 5) is 36.9. The van der Waals surface area contributed by atoms with Crippen LogP contribution in [0.2, 0.25) is 0 Å². The first-order chi connectivity index (χ1) is 14.5. The number of nitrogens with one attached hydrogen (secondary N) is 2. The van der Waals surface area contributed by atoms with Crippen molar-refractivity contribution in [2.24, 2.45) is 11.8 Å². The number of fused-ring (bicyclic) bond motifs is 3. The van der Waals surface area contributed by atoms with Crippen molar-refractivity contribution >= 4 is 39.2 Å². The fourth-order valence-corrected chi connectivity index (χ4v) is 6.95. The number of aromatic amines is 1. The zero-order valence-electron chi connectivity index (χ0n) is 18.0. The minimum absolute atomic E-state index is 0.00547. The van der Waals surface area contributed by atoms with Gasteiger partial charge in [0.15, 0.2) is 0 Å². The van der Waals surface area contributed by atoms with Gasteiger partial charge in [-0.3, -0.25) is 9.59 Å². The van der Waals surface area contributed by atoms with E-state index in [4.69, 9.17) is 0 Å². The van der Waals surface area contributed by atoms with Crippen LogP contribution in [0.1, 0.15) is 49.4 Å². The normalized spacial score (nSPS) is 21.8. The Hall–Kier alpha value is -1.38. The second-order valence-corrected chi connectivity index (χ2v) is 11.1. The molecule has 1 amide bonds. The van der Waals surface area contributed by atoms with Crippen molar-refractivity contribution in [1.82, 2.24) is 20.2 Å². The third-order valence-corrected chi connectivity index (χ3v) is 8.19. The summed E-state index contributed by atoms with van der Waals surface area (Å²) < 4.78 is 0. The zero-order valence-corrected chi connectivity index (χ0v) is 19.6. The Morgan fingerprint density at radius 2 is 2.10 bits per heavy atom. The van der Waals surface area contributed by atoms with Crippen LogP contribution in [0.25, 0.3) is 10.2 Å². The summed E-state index contributed by atoms with van der Waals surface area (Å²) in [5.74, 6) is 3.67. The standard InChI is InChI=1S/C22H32N4O2S2/c1-14-10-15(2)12-26(11-14)8-7-23-19(27)6-9-29-13-18-24-21(28)20-16-4-3-5-17(16)30-22(20)25-18/h14-15H,3-13H2,1-2H3,(H,23,27)(H,24,25,28). The predicted octanol–water partition coefficient (Wildman–Crippen LogP) is 3.19. The highest BCUT2D eigenvalue weighted by molar-refractivity contribution is 7.98. The third kappa shape index (κ3) is 5.26. The highest BCUT2D eigenvalue weighted by Crippen LogP contribution is 2.34. The quantitative estimate of drug-likeness (QED) is 0.607. The molecule has 1 aliphatic carbocycles. The molecule has 0 radical (unpaired) electrons. The molecule has 2 aliphatic rings. The molecule has 2 atom stereocenters. The Labute approximate surface area is 186 Å². The van der Waals surface area contributed by atoms with Gasteiger partial charge in [0.1, 0.15) is 10.7 Å². The molecule has 0 spiro atoms. The van der Waals surface area contributed by atoms with E-state index in [0.717, 1.165) is 73.2 Å². The van der Waals surface area contributed by atoms with Crippen molar-refractivity contribution in [3.05, 3.63) is 26.6 Å². The molecule has 1 fully saturated rings. The number of H-pyrrole nitrogens is 1. The van der Waals surface area contributed by atoms with E-state index in [1.165, 1.54) is 16.9 Å². The van der Waals surface area contributed by atoms with Gasteiger partial charge in [-0.1, -0.05) is 13.8 Å². The van der Waals surface area contributed by atoms with Gasteiger partial charge >= 0.3 is 0 Å². The van der Waals surface area contributed by atoms with Gasteiger partial charge in [0.25, 0.3) is 5.56 Å². The molecular weight excluding hydrogens is 416 g/mol. The number of likely N-dealkylation sites (tertiary alicyclic amines) is 1. The first kappa shape index (κ1) is 21.8. The summed E-state index contributed by atoms with van der Waals surface area (Å²) in [6, 6.07) is 0. The summed E-state index contributed by atoms with van der Waals surface area (Å²) >= 11 is 3.32. The number of carbonyl (C=O) groups is 1. The highest BCUT2D eigenvalue weighted by atomic mass is 32.2. The molecule has 1 saturated heterocycles. The van der Waals surface area contributed by atoms with E-state index >= 15 is 0 Å². The van der Waals surface area contributed by atoms with Crippen LogP contribution in [0.15, 0.2) is 4.79 Å². The second-order valence-electron chi connectivity index (χ2n) is 8.91. The first-order valence-corrected chi connectivity index (χ1v) is 13.1. The molecule has 2 aromatic heterocycles. The monoisotopic (exact) mass is 448 g/mol. The number of piperidine rings is 1. The van der Waals surface area contributed by atoms with Crippen molar-refractivity contribution in [2.75, 3.05) is 31.9 Å². The molecule has 2 N–H and O–H groups in total. The SMILES string of the molecule is CC1CC(C)CN(CCNC(=O)CCSCc2nc3sc4c(c3c(=O)[nH]2)CCC4)C1. The first-order valence-electron chi connectivity index (χ1n) is 11.1. The molecule has 164 valence electrons. The molecule has 2 unspecified atom stereocenters. The van der Waals surface area contributed by atoms with Gasteiger partial charge in [0, 0.05) is 43.2 Å². The lowest BCUT2D eigenvalue weighted by molar-refractivity contribution is -0.120. The van der Waals surface area contributed by atoms with E-state index in [2.05, 4.69) is 34.0 Å². The van der Waals surface area contributed by atoms with Gasteiger partial charge in [-0.15, -0.1) is 11.3 Å².